The van der Waals surface area contributed by atoms with Crippen molar-refractivity contribution in [2.75, 3.05) is 0 Å². The predicted molar refractivity (Wildman–Crippen MR) is 222 cm³/mol. The summed E-state index contributed by atoms with van der Waals surface area (Å²) in [5.41, 5.74) is 7.77. The van der Waals surface area contributed by atoms with Gasteiger partial charge in [-0.1, -0.05) is 194 Å². The number of hydrogen-bond donors (Lipinski definition) is 0. The normalized spacial score (nSPS) is 12.7. The Morgan fingerprint density at radius 1 is 0.302 bits per heavy atom. The van der Waals surface area contributed by atoms with Gasteiger partial charge in [0.05, 0.1) is 0 Å². The molecule has 0 atom stereocenters. The summed E-state index contributed by atoms with van der Waals surface area (Å²) in [5, 5.41) is 8.03. The Kier molecular flexibility index (Phi) is 7.48. The van der Waals surface area contributed by atoms with E-state index in [1.165, 1.54) is 48.2 Å². The highest BCUT2D eigenvalue weighted by Crippen LogP contribution is 2.34. The number of aromatic nitrogens is 3. The van der Waals surface area contributed by atoms with Gasteiger partial charge in [-0.15, -0.1) is 0 Å². The highest BCUT2D eigenvalue weighted by Gasteiger charge is 2.48. The van der Waals surface area contributed by atoms with Crippen LogP contribution in [-0.2, 0) is 0 Å². The van der Waals surface area contributed by atoms with Crippen LogP contribution >= 0.6 is 0 Å². The molecular formula is C49H33N3Si. The summed E-state index contributed by atoms with van der Waals surface area (Å²) in [6.45, 7) is 0. The Morgan fingerprint density at radius 2 is 0.774 bits per heavy atom. The molecule has 0 saturated heterocycles. The van der Waals surface area contributed by atoms with Crippen LogP contribution in [0.2, 0.25) is 0 Å². The number of rotatable bonds is 6. The Bertz CT molecular complexity index is 2720. The quantitative estimate of drug-likeness (QED) is 0.163. The Morgan fingerprint density at radius 3 is 1.47 bits per heavy atom. The van der Waals surface area contributed by atoms with Crippen molar-refractivity contribution in [1.82, 2.24) is 15.0 Å². The second-order valence-electron chi connectivity index (χ2n) is 13.6. The van der Waals surface area contributed by atoms with Gasteiger partial charge in [0, 0.05) is 16.7 Å². The van der Waals surface area contributed by atoms with Gasteiger partial charge >= 0.3 is 0 Å². The molecule has 1 aromatic heterocycles. The zero-order chi connectivity index (χ0) is 35.2. The molecule has 9 aromatic rings. The molecule has 0 aliphatic carbocycles. The number of hydrogen-bond acceptors (Lipinski definition) is 3. The lowest BCUT2D eigenvalue weighted by molar-refractivity contribution is 1.07. The highest BCUT2D eigenvalue weighted by molar-refractivity contribution is 7.22. The van der Waals surface area contributed by atoms with Crippen molar-refractivity contribution in [2.24, 2.45) is 0 Å². The predicted octanol–water partition coefficient (Wildman–Crippen LogP) is 9.05. The first-order valence-electron chi connectivity index (χ1n) is 18.0. The molecule has 248 valence electrons. The molecule has 0 radical (unpaired) electrons. The van der Waals surface area contributed by atoms with Crippen LogP contribution in [0.4, 0.5) is 0 Å². The highest BCUT2D eigenvalue weighted by atomic mass is 28.3. The van der Waals surface area contributed by atoms with Crippen LogP contribution in [0.15, 0.2) is 200 Å². The number of benzene rings is 8. The molecule has 8 aromatic carbocycles. The van der Waals surface area contributed by atoms with Crippen molar-refractivity contribution in [3.63, 3.8) is 0 Å². The van der Waals surface area contributed by atoms with Gasteiger partial charge in [-0.05, 0) is 59.8 Å². The summed E-state index contributed by atoms with van der Waals surface area (Å²) < 4.78 is 0. The van der Waals surface area contributed by atoms with Crippen LogP contribution in [-0.4, -0.2) is 23.0 Å². The van der Waals surface area contributed by atoms with Crippen LogP contribution in [0.5, 0.6) is 0 Å². The van der Waals surface area contributed by atoms with Crippen LogP contribution in [0.1, 0.15) is 0 Å². The Labute approximate surface area is 310 Å². The maximum atomic E-state index is 5.18. The first kappa shape index (κ1) is 31.0. The van der Waals surface area contributed by atoms with E-state index in [0.29, 0.717) is 17.5 Å². The summed E-state index contributed by atoms with van der Waals surface area (Å²) >= 11 is 0. The maximum Gasteiger partial charge on any atom is 0.180 e. The molecule has 0 amide bonds. The first-order chi connectivity index (χ1) is 26.3. The SMILES string of the molecule is c1ccc(-c2nc(-c3ccc(-c4cccc5ccccc45)cc3)nc(-c3ccc4c(c3)-c3ccccc3[Si]4(c3ccccc3)c3ccccc3)n2)cc1. The average molecular weight is 692 g/mol. The molecule has 0 N–H and O–H groups in total. The van der Waals surface area contributed by atoms with E-state index in [2.05, 4.69) is 182 Å². The lowest BCUT2D eigenvalue weighted by Gasteiger charge is -2.31. The average Bonchev–Trinajstić information content (AvgIpc) is 3.55. The van der Waals surface area contributed by atoms with Crippen LogP contribution in [0.25, 0.3) is 67.2 Å². The van der Waals surface area contributed by atoms with E-state index in [0.717, 1.165) is 22.3 Å². The molecule has 4 heteroatoms. The number of nitrogens with zero attached hydrogens (tertiary/aromatic N) is 3. The zero-order valence-electron chi connectivity index (χ0n) is 28.9. The van der Waals surface area contributed by atoms with E-state index in [1.807, 2.05) is 18.2 Å². The molecule has 53 heavy (non-hydrogen) atoms. The third-order valence-corrected chi connectivity index (χ3v) is 15.5. The van der Waals surface area contributed by atoms with Crippen molar-refractivity contribution >= 4 is 39.6 Å². The largest absolute Gasteiger partial charge is 0.208 e. The van der Waals surface area contributed by atoms with Crippen molar-refractivity contribution in [2.45, 2.75) is 0 Å². The van der Waals surface area contributed by atoms with Crippen LogP contribution in [0.3, 0.4) is 0 Å². The van der Waals surface area contributed by atoms with Crippen LogP contribution in [0, 0.1) is 0 Å². The van der Waals surface area contributed by atoms with Gasteiger partial charge in [0.1, 0.15) is 0 Å². The van der Waals surface area contributed by atoms with E-state index < -0.39 is 8.07 Å². The Balaban J connectivity index is 1.14. The molecule has 2 heterocycles. The standard InChI is InChI=1S/C49H33N3Si/c1-4-16-36(17-5-1)47-50-48(37-29-27-35(28-30-37)42-25-14-18-34-15-10-11-23-41(34)42)52-49(51-47)38-31-32-46-44(33-38)43-24-12-13-26-45(43)53(46,39-19-6-2-7-20-39)40-21-8-3-9-22-40/h1-33H. The van der Waals surface area contributed by atoms with Crippen molar-refractivity contribution in [1.29, 1.82) is 0 Å². The second kappa shape index (κ2) is 12.8. The smallest absolute Gasteiger partial charge is 0.180 e. The van der Waals surface area contributed by atoms with Crippen molar-refractivity contribution in [3.8, 4) is 56.4 Å². The zero-order valence-corrected chi connectivity index (χ0v) is 29.9. The monoisotopic (exact) mass is 691 g/mol. The third-order valence-electron chi connectivity index (χ3n) is 10.6. The van der Waals surface area contributed by atoms with E-state index >= 15 is 0 Å². The van der Waals surface area contributed by atoms with Crippen molar-refractivity contribution < 1.29 is 0 Å². The van der Waals surface area contributed by atoms with Crippen LogP contribution < -0.4 is 20.7 Å². The summed E-state index contributed by atoms with van der Waals surface area (Å²) in [6.07, 6.45) is 0. The molecule has 3 nitrogen and oxygen atoms in total. The van der Waals surface area contributed by atoms with Gasteiger partial charge in [-0.25, -0.2) is 15.0 Å². The molecule has 10 rings (SSSR count). The molecule has 1 aliphatic heterocycles. The summed E-state index contributed by atoms with van der Waals surface area (Å²) in [4.78, 5) is 15.3. The summed E-state index contributed by atoms with van der Waals surface area (Å²) in [7, 11) is -2.58. The summed E-state index contributed by atoms with van der Waals surface area (Å²) in [6, 6.07) is 71.8. The van der Waals surface area contributed by atoms with E-state index in [9.17, 15) is 0 Å². The minimum Gasteiger partial charge on any atom is -0.208 e. The van der Waals surface area contributed by atoms with Crippen molar-refractivity contribution in [3.05, 3.63) is 200 Å². The lowest BCUT2D eigenvalue weighted by Crippen LogP contribution is -2.72. The van der Waals surface area contributed by atoms with E-state index in [-0.39, 0.29) is 0 Å². The topological polar surface area (TPSA) is 38.7 Å². The van der Waals surface area contributed by atoms with Gasteiger partial charge in [0.25, 0.3) is 0 Å². The third kappa shape index (κ3) is 5.15. The minimum atomic E-state index is -2.58. The molecular weight excluding hydrogens is 659 g/mol. The molecule has 0 spiro atoms. The van der Waals surface area contributed by atoms with Gasteiger partial charge in [0.15, 0.2) is 25.5 Å². The molecule has 0 unspecified atom stereocenters. The van der Waals surface area contributed by atoms with Gasteiger partial charge in [-0.2, -0.15) is 0 Å². The second-order valence-corrected chi connectivity index (χ2v) is 17.3. The first-order valence-corrected chi connectivity index (χ1v) is 20.0. The number of fused-ring (bicyclic) bond motifs is 4. The van der Waals surface area contributed by atoms with Gasteiger partial charge in [0.2, 0.25) is 0 Å². The fourth-order valence-electron chi connectivity index (χ4n) is 8.21. The Hall–Kier alpha value is -6.75. The minimum absolute atomic E-state index is 0.650. The fourth-order valence-corrected chi connectivity index (χ4v) is 13.4. The maximum absolute atomic E-state index is 5.18. The summed E-state index contributed by atoms with van der Waals surface area (Å²) in [5.74, 6) is 1.96. The molecule has 1 aliphatic rings. The fraction of sp³-hybridized carbons (Fsp3) is 0. The van der Waals surface area contributed by atoms with E-state index in [1.54, 1.807) is 0 Å². The van der Waals surface area contributed by atoms with Gasteiger partial charge in [-0.3, -0.25) is 0 Å². The van der Waals surface area contributed by atoms with E-state index in [4.69, 9.17) is 15.0 Å². The lowest BCUT2D eigenvalue weighted by atomic mass is 9.97. The van der Waals surface area contributed by atoms with Gasteiger partial charge < -0.3 is 0 Å². The molecule has 0 bridgehead atoms. The molecule has 0 fully saturated rings. The molecule has 0 saturated carbocycles.